The van der Waals surface area contributed by atoms with Crippen LogP contribution in [0.25, 0.3) is 11.0 Å². The maximum Gasteiger partial charge on any atom is 0.329 e. The molecule has 1 aromatic heterocycles. The number of aromatic nitrogens is 2. The Hall–Kier alpha value is -1.79. The zero-order valence-electron chi connectivity index (χ0n) is 12.7. The van der Waals surface area contributed by atoms with E-state index in [1.165, 1.54) is 0 Å². The van der Waals surface area contributed by atoms with Crippen LogP contribution < -0.4 is 16.7 Å². The third-order valence-corrected chi connectivity index (χ3v) is 3.40. The molecule has 6 nitrogen and oxygen atoms in total. The van der Waals surface area contributed by atoms with Crippen LogP contribution in [0.3, 0.4) is 0 Å². The summed E-state index contributed by atoms with van der Waals surface area (Å²) in [6.45, 7) is 3.99. The number of nitrogens with zero attached hydrogens (tertiary/aromatic N) is 2. The fourth-order valence-electron chi connectivity index (χ4n) is 2.44. The minimum Gasteiger partial charge on any atom is -0.355 e. The average Bonchev–Trinajstić information content (AvgIpc) is 2.76. The second-order valence-electron chi connectivity index (χ2n) is 4.96. The van der Waals surface area contributed by atoms with Gasteiger partial charge in [-0.15, -0.1) is 12.4 Å². The van der Waals surface area contributed by atoms with Crippen molar-refractivity contribution in [3.63, 3.8) is 0 Å². The van der Waals surface area contributed by atoms with Crippen LogP contribution in [0.4, 0.5) is 0 Å². The van der Waals surface area contributed by atoms with Crippen molar-refractivity contribution in [1.29, 1.82) is 0 Å². The number of imidazole rings is 1. The number of halogens is 1. The van der Waals surface area contributed by atoms with E-state index < -0.39 is 0 Å². The van der Waals surface area contributed by atoms with Gasteiger partial charge in [0.2, 0.25) is 5.91 Å². The van der Waals surface area contributed by atoms with Gasteiger partial charge in [0.1, 0.15) is 0 Å². The van der Waals surface area contributed by atoms with Gasteiger partial charge in [-0.05, 0) is 18.6 Å². The summed E-state index contributed by atoms with van der Waals surface area (Å²) in [5.41, 5.74) is 7.10. The number of fused-ring (bicyclic) bond motifs is 1. The lowest BCUT2D eigenvalue weighted by atomic mass is 10.3. The Morgan fingerprint density at radius 2 is 1.77 bits per heavy atom. The molecule has 0 unspecified atom stereocenters. The molecular weight excluding hydrogens is 304 g/mol. The highest BCUT2D eigenvalue weighted by atomic mass is 35.5. The molecular formula is C15H23ClN4O2. The van der Waals surface area contributed by atoms with Gasteiger partial charge in [-0.25, -0.2) is 4.79 Å². The predicted octanol–water partition coefficient (Wildman–Crippen LogP) is 1.10. The molecule has 0 radical (unpaired) electrons. The lowest BCUT2D eigenvalue weighted by Gasteiger charge is -2.04. The van der Waals surface area contributed by atoms with Crippen LogP contribution >= 0.6 is 12.4 Å². The van der Waals surface area contributed by atoms with Crippen molar-refractivity contribution >= 4 is 29.3 Å². The number of amides is 1. The third kappa shape index (κ3) is 3.90. The Balaban J connectivity index is 0.00000242. The van der Waals surface area contributed by atoms with Gasteiger partial charge < -0.3 is 11.1 Å². The van der Waals surface area contributed by atoms with Crippen molar-refractivity contribution < 1.29 is 4.79 Å². The van der Waals surface area contributed by atoms with Gasteiger partial charge in [0, 0.05) is 32.6 Å². The molecule has 3 N–H and O–H groups in total. The Bertz CT molecular complexity index is 678. The molecule has 22 heavy (non-hydrogen) atoms. The summed E-state index contributed by atoms with van der Waals surface area (Å²) >= 11 is 0. The van der Waals surface area contributed by atoms with Crippen LogP contribution in [-0.2, 0) is 17.9 Å². The molecule has 1 heterocycles. The molecule has 0 saturated carbocycles. The van der Waals surface area contributed by atoms with Crippen LogP contribution in [-0.4, -0.2) is 28.1 Å². The monoisotopic (exact) mass is 326 g/mol. The molecule has 0 aliphatic carbocycles. The van der Waals surface area contributed by atoms with E-state index in [4.69, 9.17) is 5.73 Å². The van der Waals surface area contributed by atoms with Crippen molar-refractivity contribution in [3.8, 4) is 0 Å². The number of para-hydroxylation sites is 2. The third-order valence-electron chi connectivity index (χ3n) is 3.40. The molecule has 1 aromatic carbocycles. The summed E-state index contributed by atoms with van der Waals surface area (Å²) < 4.78 is 3.44. The fraction of sp³-hybridized carbons (Fsp3) is 0.467. The maximum absolute atomic E-state index is 12.5. The first kappa shape index (κ1) is 18.3. The number of hydrogen-bond acceptors (Lipinski definition) is 3. The smallest absolute Gasteiger partial charge is 0.329 e. The second kappa shape index (κ2) is 8.60. The van der Waals surface area contributed by atoms with Gasteiger partial charge in [-0.3, -0.25) is 13.9 Å². The minimum absolute atomic E-state index is 0. The van der Waals surface area contributed by atoms with E-state index in [0.29, 0.717) is 26.2 Å². The first-order valence-electron chi connectivity index (χ1n) is 7.33. The van der Waals surface area contributed by atoms with Crippen LogP contribution in [0, 0.1) is 0 Å². The van der Waals surface area contributed by atoms with Crippen molar-refractivity contribution in [2.75, 3.05) is 13.1 Å². The average molecular weight is 327 g/mol. The van der Waals surface area contributed by atoms with Gasteiger partial charge in [-0.2, -0.15) is 0 Å². The molecule has 0 spiro atoms. The summed E-state index contributed by atoms with van der Waals surface area (Å²) in [7, 11) is 0. The SMILES string of the molecule is CCCn1c(=O)n(CCC(=O)NCCN)c2ccccc21.Cl. The summed E-state index contributed by atoms with van der Waals surface area (Å²) in [6, 6.07) is 7.69. The lowest BCUT2D eigenvalue weighted by Crippen LogP contribution is -2.31. The first-order chi connectivity index (χ1) is 10.2. The van der Waals surface area contributed by atoms with Crippen LogP contribution in [0.5, 0.6) is 0 Å². The maximum atomic E-state index is 12.5. The van der Waals surface area contributed by atoms with Crippen LogP contribution in [0.1, 0.15) is 19.8 Å². The summed E-state index contributed by atoms with van der Waals surface area (Å²) in [5.74, 6) is -0.0836. The van der Waals surface area contributed by atoms with E-state index in [1.807, 2.05) is 31.2 Å². The number of nitrogens with one attached hydrogen (secondary N) is 1. The first-order valence-corrected chi connectivity index (χ1v) is 7.33. The van der Waals surface area contributed by atoms with Crippen molar-refractivity contribution in [1.82, 2.24) is 14.5 Å². The molecule has 0 aliphatic heterocycles. The fourth-order valence-corrected chi connectivity index (χ4v) is 2.44. The summed E-state index contributed by atoms with van der Waals surface area (Å²) in [5, 5.41) is 2.72. The zero-order valence-corrected chi connectivity index (χ0v) is 13.6. The molecule has 0 aliphatic rings. The van der Waals surface area contributed by atoms with E-state index in [0.717, 1.165) is 17.5 Å². The highest BCUT2D eigenvalue weighted by Crippen LogP contribution is 2.13. The molecule has 0 atom stereocenters. The molecule has 122 valence electrons. The Kier molecular flexibility index (Phi) is 7.14. The van der Waals surface area contributed by atoms with Gasteiger partial charge in [0.25, 0.3) is 0 Å². The number of carbonyl (C=O) groups is 1. The summed E-state index contributed by atoms with van der Waals surface area (Å²) in [4.78, 5) is 24.1. The lowest BCUT2D eigenvalue weighted by molar-refractivity contribution is -0.121. The van der Waals surface area contributed by atoms with Gasteiger partial charge in [-0.1, -0.05) is 19.1 Å². The van der Waals surface area contributed by atoms with Gasteiger partial charge >= 0.3 is 5.69 Å². The Labute approximate surface area is 135 Å². The number of benzene rings is 1. The highest BCUT2D eigenvalue weighted by Gasteiger charge is 2.12. The number of rotatable bonds is 7. The van der Waals surface area contributed by atoms with E-state index in [1.54, 1.807) is 9.13 Å². The molecule has 0 saturated heterocycles. The number of aryl methyl sites for hydroxylation is 2. The standard InChI is InChI=1S/C15H22N4O2.ClH/c1-2-10-18-12-5-3-4-6-13(12)19(15(18)21)11-7-14(20)17-9-8-16;/h3-6H,2,7-11,16H2,1H3,(H,17,20);1H. The number of hydrogen-bond donors (Lipinski definition) is 2. The van der Waals surface area contributed by atoms with Crippen molar-refractivity contribution in [3.05, 3.63) is 34.7 Å². The van der Waals surface area contributed by atoms with E-state index in [9.17, 15) is 9.59 Å². The Morgan fingerprint density at radius 1 is 1.18 bits per heavy atom. The molecule has 0 fully saturated rings. The van der Waals surface area contributed by atoms with Gasteiger partial charge in [0.05, 0.1) is 11.0 Å². The molecule has 1 amide bonds. The quantitative estimate of drug-likeness (QED) is 0.799. The molecule has 2 rings (SSSR count). The molecule has 0 bridgehead atoms. The number of nitrogens with two attached hydrogens (primary N) is 1. The van der Waals surface area contributed by atoms with Gasteiger partial charge in [0.15, 0.2) is 0 Å². The van der Waals surface area contributed by atoms with E-state index in [-0.39, 0.29) is 30.4 Å². The second-order valence-corrected chi connectivity index (χ2v) is 4.96. The molecule has 7 heteroatoms. The Morgan fingerprint density at radius 3 is 2.32 bits per heavy atom. The topological polar surface area (TPSA) is 82.0 Å². The van der Waals surface area contributed by atoms with Crippen LogP contribution in [0.2, 0.25) is 0 Å². The van der Waals surface area contributed by atoms with Crippen molar-refractivity contribution in [2.24, 2.45) is 5.73 Å². The van der Waals surface area contributed by atoms with Crippen molar-refractivity contribution in [2.45, 2.75) is 32.9 Å². The zero-order chi connectivity index (χ0) is 15.2. The van der Waals surface area contributed by atoms with E-state index >= 15 is 0 Å². The predicted molar refractivity (Wildman–Crippen MR) is 90.4 cm³/mol. The largest absolute Gasteiger partial charge is 0.355 e. The van der Waals surface area contributed by atoms with E-state index in [2.05, 4.69) is 5.32 Å². The summed E-state index contributed by atoms with van der Waals surface area (Å²) in [6.07, 6.45) is 1.17. The minimum atomic E-state index is -0.0836. The highest BCUT2D eigenvalue weighted by molar-refractivity contribution is 5.85. The number of carbonyl (C=O) groups excluding carboxylic acids is 1. The van der Waals surface area contributed by atoms with Crippen LogP contribution in [0.15, 0.2) is 29.1 Å². The molecule has 2 aromatic rings. The normalized spacial score (nSPS) is 10.5.